The number of anilines is 1. The molecule has 0 radical (unpaired) electrons. The van der Waals surface area contributed by atoms with Crippen molar-refractivity contribution in [3.63, 3.8) is 0 Å². The van der Waals surface area contributed by atoms with Crippen LogP contribution in [0.4, 0.5) is 5.69 Å². The first-order valence-electron chi connectivity index (χ1n) is 6.36. The number of aryl methyl sites for hydroxylation is 1. The highest BCUT2D eigenvalue weighted by Gasteiger charge is 2.16. The summed E-state index contributed by atoms with van der Waals surface area (Å²) in [4.78, 5) is 16.4. The van der Waals surface area contributed by atoms with Crippen molar-refractivity contribution < 1.29 is 8.42 Å². The molecule has 0 aliphatic rings. The Morgan fingerprint density at radius 1 is 1.05 bits per heavy atom. The van der Waals surface area contributed by atoms with Gasteiger partial charge in [0.15, 0.2) is 0 Å². The number of halogens is 1. The molecule has 0 aliphatic carbocycles. The lowest BCUT2D eigenvalue weighted by molar-refractivity contribution is 0.601. The van der Waals surface area contributed by atoms with Gasteiger partial charge in [0.05, 0.1) is 21.6 Å². The van der Waals surface area contributed by atoms with Crippen LogP contribution in [0.3, 0.4) is 0 Å². The van der Waals surface area contributed by atoms with Crippen LogP contribution in [-0.4, -0.2) is 18.4 Å². The number of hydrogen-bond donors (Lipinski definition) is 3. The highest BCUT2D eigenvalue weighted by Crippen LogP contribution is 2.23. The van der Waals surface area contributed by atoms with Crippen molar-refractivity contribution in [3.8, 4) is 0 Å². The third kappa shape index (κ3) is 2.72. The molecule has 3 rings (SSSR count). The summed E-state index contributed by atoms with van der Waals surface area (Å²) in [7, 11) is -3.76. The Balaban J connectivity index is 2.01. The average molecular weight is 338 g/mol. The van der Waals surface area contributed by atoms with Gasteiger partial charge in [0.2, 0.25) is 0 Å². The number of aromatic nitrogens is 2. The van der Waals surface area contributed by atoms with Crippen LogP contribution in [0.5, 0.6) is 0 Å². The van der Waals surface area contributed by atoms with Crippen LogP contribution < -0.4 is 10.4 Å². The lowest BCUT2D eigenvalue weighted by Crippen LogP contribution is -2.13. The van der Waals surface area contributed by atoms with Gasteiger partial charge in [-0.2, -0.15) is 0 Å². The largest absolute Gasteiger partial charge is 0.323 e. The molecule has 0 atom stereocenters. The summed E-state index contributed by atoms with van der Waals surface area (Å²) < 4.78 is 27.4. The zero-order valence-electron chi connectivity index (χ0n) is 11.5. The van der Waals surface area contributed by atoms with Crippen LogP contribution in [0.25, 0.3) is 11.0 Å². The zero-order chi connectivity index (χ0) is 15.9. The lowest BCUT2D eigenvalue weighted by Gasteiger charge is -2.10. The minimum Gasteiger partial charge on any atom is -0.306 e. The number of rotatable bonds is 3. The van der Waals surface area contributed by atoms with Crippen molar-refractivity contribution >= 4 is 38.3 Å². The van der Waals surface area contributed by atoms with Crippen molar-refractivity contribution in [2.24, 2.45) is 0 Å². The monoisotopic (exact) mass is 337 g/mol. The lowest BCUT2D eigenvalue weighted by atomic mass is 10.2. The number of nitrogens with one attached hydrogen (secondary N) is 3. The van der Waals surface area contributed by atoms with Gasteiger partial charge >= 0.3 is 5.69 Å². The van der Waals surface area contributed by atoms with Crippen molar-refractivity contribution in [2.45, 2.75) is 11.8 Å². The van der Waals surface area contributed by atoms with E-state index < -0.39 is 10.0 Å². The number of H-pyrrole nitrogens is 2. The molecule has 114 valence electrons. The molecule has 0 bridgehead atoms. The maximum Gasteiger partial charge on any atom is 0.323 e. The predicted molar refractivity (Wildman–Crippen MR) is 85.9 cm³/mol. The van der Waals surface area contributed by atoms with Crippen LogP contribution >= 0.6 is 11.6 Å². The number of sulfonamides is 1. The second-order valence-electron chi connectivity index (χ2n) is 4.85. The number of hydrogen-bond acceptors (Lipinski definition) is 3. The van der Waals surface area contributed by atoms with Crippen molar-refractivity contribution in [1.29, 1.82) is 0 Å². The van der Waals surface area contributed by atoms with Gasteiger partial charge < -0.3 is 9.97 Å². The topological polar surface area (TPSA) is 94.8 Å². The zero-order valence-corrected chi connectivity index (χ0v) is 13.0. The summed E-state index contributed by atoms with van der Waals surface area (Å²) in [5, 5.41) is 0.534. The number of benzene rings is 2. The molecule has 0 saturated carbocycles. The van der Waals surface area contributed by atoms with Gasteiger partial charge in [-0.25, -0.2) is 13.2 Å². The van der Waals surface area contributed by atoms with Gasteiger partial charge in [0.1, 0.15) is 0 Å². The first-order valence-corrected chi connectivity index (χ1v) is 8.22. The van der Waals surface area contributed by atoms with Gasteiger partial charge in [0, 0.05) is 5.02 Å². The summed E-state index contributed by atoms with van der Waals surface area (Å²) in [5.41, 5.74) is 1.76. The number of imidazole rings is 1. The first kappa shape index (κ1) is 14.7. The summed E-state index contributed by atoms with van der Waals surface area (Å²) in [6.07, 6.45) is 0. The Morgan fingerprint density at radius 2 is 1.77 bits per heavy atom. The Morgan fingerprint density at radius 3 is 2.50 bits per heavy atom. The molecule has 2 aromatic carbocycles. The maximum absolute atomic E-state index is 12.4. The molecule has 0 spiro atoms. The van der Waals surface area contributed by atoms with Crippen molar-refractivity contribution in [3.05, 3.63) is 57.5 Å². The van der Waals surface area contributed by atoms with E-state index in [-0.39, 0.29) is 10.6 Å². The van der Waals surface area contributed by atoms with Crippen molar-refractivity contribution in [1.82, 2.24) is 9.97 Å². The minimum atomic E-state index is -3.76. The predicted octanol–water partition coefficient (Wildman–Crippen LogP) is 2.62. The first-order chi connectivity index (χ1) is 10.3. The fourth-order valence-corrected chi connectivity index (χ4v) is 3.51. The standard InChI is InChI=1S/C14H12ClN3O3S/c1-8-6-9(15)2-4-11(8)18-22(20,21)10-3-5-12-13(7-10)17-14(19)16-12/h2-7,18H,1H3,(H2,16,17,19). The molecule has 8 heteroatoms. The van der Waals surface area contributed by atoms with Crippen LogP contribution in [-0.2, 0) is 10.0 Å². The second kappa shape index (κ2) is 5.19. The molecule has 0 unspecified atom stereocenters. The molecule has 0 aliphatic heterocycles. The van der Waals surface area contributed by atoms with E-state index >= 15 is 0 Å². The van der Waals surface area contributed by atoms with E-state index in [0.29, 0.717) is 27.3 Å². The molecule has 6 nitrogen and oxygen atoms in total. The molecule has 0 amide bonds. The summed E-state index contributed by atoms with van der Waals surface area (Å²) in [6.45, 7) is 1.76. The van der Waals surface area contributed by atoms with Gasteiger partial charge in [0.25, 0.3) is 10.0 Å². The molecule has 1 heterocycles. The summed E-state index contributed by atoms with van der Waals surface area (Å²) >= 11 is 5.86. The second-order valence-corrected chi connectivity index (χ2v) is 6.97. The number of fused-ring (bicyclic) bond motifs is 1. The molecule has 22 heavy (non-hydrogen) atoms. The Labute approximate surface area is 131 Å². The minimum absolute atomic E-state index is 0.0598. The fraction of sp³-hybridized carbons (Fsp3) is 0.0714. The average Bonchev–Trinajstić information content (AvgIpc) is 2.81. The molecule has 3 N–H and O–H groups in total. The molecule has 0 saturated heterocycles. The normalized spacial score (nSPS) is 11.7. The van der Waals surface area contributed by atoms with E-state index in [9.17, 15) is 13.2 Å². The van der Waals surface area contributed by atoms with E-state index in [4.69, 9.17) is 11.6 Å². The maximum atomic E-state index is 12.4. The molecular formula is C14H12ClN3O3S. The van der Waals surface area contributed by atoms with Crippen LogP contribution in [0, 0.1) is 6.92 Å². The van der Waals surface area contributed by atoms with E-state index in [1.54, 1.807) is 25.1 Å². The summed E-state index contributed by atoms with van der Waals surface area (Å²) in [6, 6.07) is 9.26. The Bertz CT molecular complexity index is 1020. The van der Waals surface area contributed by atoms with E-state index in [1.165, 1.54) is 18.2 Å². The van der Waals surface area contributed by atoms with Gasteiger partial charge in [-0.05, 0) is 48.9 Å². The highest BCUT2D eigenvalue weighted by molar-refractivity contribution is 7.92. The molecule has 0 fully saturated rings. The van der Waals surface area contributed by atoms with E-state index in [0.717, 1.165) is 0 Å². The van der Waals surface area contributed by atoms with Crippen molar-refractivity contribution in [2.75, 3.05) is 4.72 Å². The SMILES string of the molecule is Cc1cc(Cl)ccc1NS(=O)(=O)c1ccc2[nH]c(=O)[nH]c2c1. The van der Waals surface area contributed by atoms with Crippen LogP contribution in [0.15, 0.2) is 46.1 Å². The van der Waals surface area contributed by atoms with Gasteiger partial charge in [-0.15, -0.1) is 0 Å². The molecule has 3 aromatic rings. The molecular weight excluding hydrogens is 326 g/mol. The van der Waals surface area contributed by atoms with E-state index in [2.05, 4.69) is 14.7 Å². The van der Waals surface area contributed by atoms with E-state index in [1.807, 2.05) is 0 Å². The van der Waals surface area contributed by atoms with Gasteiger partial charge in [-0.3, -0.25) is 4.72 Å². The van der Waals surface area contributed by atoms with Crippen LogP contribution in [0.1, 0.15) is 5.56 Å². The van der Waals surface area contributed by atoms with Crippen LogP contribution in [0.2, 0.25) is 5.02 Å². The summed E-state index contributed by atoms with van der Waals surface area (Å²) in [5.74, 6) is 0. The molecule has 1 aromatic heterocycles. The third-order valence-corrected chi connectivity index (χ3v) is 4.83. The number of aromatic amines is 2. The fourth-order valence-electron chi connectivity index (χ4n) is 2.12. The Hall–Kier alpha value is -2.25. The van der Waals surface area contributed by atoms with Gasteiger partial charge in [-0.1, -0.05) is 11.6 Å². The highest BCUT2D eigenvalue weighted by atomic mass is 35.5. The third-order valence-electron chi connectivity index (χ3n) is 3.23. The smallest absolute Gasteiger partial charge is 0.306 e. The Kier molecular flexibility index (Phi) is 3.46. The quantitative estimate of drug-likeness (QED) is 0.685.